The van der Waals surface area contributed by atoms with Crippen molar-refractivity contribution in [1.82, 2.24) is 0 Å². The first-order valence-electron chi connectivity index (χ1n) is 5.53. The molecule has 7 heteroatoms. The number of benzene rings is 1. The summed E-state index contributed by atoms with van der Waals surface area (Å²) >= 11 is 0. The molecule has 1 N–H and O–H groups in total. The number of hydrogen-bond acceptors (Lipinski definition) is 5. The molecule has 0 unspecified atom stereocenters. The minimum atomic E-state index is 0. The van der Waals surface area contributed by atoms with Gasteiger partial charge >= 0.3 is 0 Å². The highest BCUT2D eigenvalue weighted by Gasteiger charge is 2.09. The Labute approximate surface area is 127 Å². The van der Waals surface area contributed by atoms with E-state index in [-0.39, 0.29) is 24.8 Å². The second-order valence-electron chi connectivity index (χ2n) is 3.85. The summed E-state index contributed by atoms with van der Waals surface area (Å²) in [6.45, 7) is 0.489. The highest BCUT2D eigenvalue weighted by molar-refractivity contribution is 5.85. The van der Waals surface area contributed by atoms with Crippen molar-refractivity contribution in [2.75, 3.05) is 11.6 Å². The molecule has 1 aromatic heterocycles. The van der Waals surface area contributed by atoms with Gasteiger partial charge in [0.05, 0.1) is 0 Å². The second kappa shape index (κ2) is 6.98. The van der Waals surface area contributed by atoms with E-state index in [0.29, 0.717) is 23.5 Å². The molecule has 0 radical (unpaired) electrons. The SMILES string of the molecule is Cl.Cl.ON=c1cc(N2C=CC=NC2)oc2ccccc12. The zero-order valence-corrected chi connectivity index (χ0v) is 12.0. The predicted octanol–water partition coefficient (Wildman–Crippen LogP) is 2.93. The van der Waals surface area contributed by atoms with E-state index >= 15 is 0 Å². The number of nitrogens with zero attached hydrogens (tertiary/aromatic N) is 3. The quantitative estimate of drug-likeness (QED) is 0.650. The van der Waals surface area contributed by atoms with Gasteiger partial charge in [0, 0.05) is 23.9 Å². The Balaban J connectivity index is 0.000001000. The van der Waals surface area contributed by atoms with E-state index in [4.69, 9.17) is 9.62 Å². The monoisotopic (exact) mass is 313 g/mol. The molecule has 20 heavy (non-hydrogen) atoms. The number of aliphatic imine (C=N–C) groups is 1. The smallest absolute Gasteiger partial charge is 0.203 e. The highest BCUT2D eigenvalue weighted by atomic mass is 35.5. The molecule has 0 saturated carbocycles. The lowest BCUT2D eigenvalue weighted by Gasteiger charge is -2.18. The van der Waals surface area contributed by atoms with E-state index in [2.05, 4.69) is 10.1 Å². The lowest BCUT2D eigenvalue weighted by Crippen LogP contribution is -2.20. The average molecular weight is 314 g/mol. The van der Waals surface area contributed by atoms with Gasteiger partial charge in [-0.15, -0.1) is 24.8 Å². The first-order chi connectivity index (χ1) is 8.88. The van der Waals surface area contributed by atoms with Crippen LogP contribution in [0.25, 0.3) is 11.0 Å². The Bertz CT molecular complexity index is 710. The van der Waals surface area contributed by atoms with Crippen LogP contribution >= 0.6 is 24.8 Å². The standard InChI is InChI=1S/C13H11N3O2.2ClH/c17-15-11-8-13(16-7-3-6-14-9-16)18-12-5-2-1-4-10(11)12;;/h1-8,17H,9H2;2*1H. The van der Waals surface area contributed by atoms with Crippen LogP contribution in [0.3, 0.4) is 0 Å². The molecule has 1 aliphatic rings. The van der Waals surface area contributed by atoms with Crippen LogP contribution in [0.5, 0.6) is 0 Å². The van der Waals surface area contributed by atoms with Gasteiger partial charge in [0.15, 0.2) is 0 Å². The maximum atomic E-state index is 9.08. The minimum absolute atomic E-state index is 0. The summed E-state index contributed by atoms with van der Waals surface area (Å²) in [6.07, 6.45) is 5.42. The van der Waals surface area contributed by atoms with E-state index in [1.54, 1.807) is 12.3 Å². The maximum Gasteiger partial charge on any atom is 0.203 e. The second-order valence-corrected chi connectivity index (χ2v) is 3.85. The molecule has 0 amide bonds. The number of rotatable bonds is 1. The zero-order valence-electron chi connectivity index (χ0n) is 10.3. The fraction of sp³-hybridized carbons (Fsp3) is 0.0769. The van der Waals surface area contributed by atoms with Crippen LogP contribution in [0.15, 0.2) is 57.2 Å². The average Bonchev–Trinajstić information content (AvgIpc) is 2.47. The summed E-state index contributed by atoms with van der Waals surface area (Å²) in [4.78, 5) is 5.97. The van der Waals surface area contributed by atoms with E-state index < -0.39 is 0 Å². The van der Waals surface area contributed by atoms with Crippen molar-refractivity contribution in [2.24, 2.45) is 10.1 Å². The van der Waals surface area contributed by atoms with Crippen molar-refractivity contribution in [3.63, 3.8) is 0 Å². The summed E-state index contributed by atoms with van der Waals surface area (Å²) in [6, 6.07) is 9.12. The lowest BCUT2D eigenvalue weighted by molar-refractivity contribution is 0.302. The van der Waals surface area contributed by atoms with Gasteiger partial charge in [0.25, 0.3) is 0 Å². The third-order valence-electron chi connectivity index (χ3n) is 2.72. The molecule has 0 fully saturated rings. The minimum Gasteiger partial charge on any atom is -0.440 e. The van der Waals surface area contributed by atoms with Crippen LogP contribution < -0.4 is 10.3 Å². The first-order valence-corrected chi connectivity index (χ1v) is 5.53. The molecule has 0 aliphatic carbocycles. The maximum absolute atomic E-state index is 9.08. The Morgan fingerprint density at radius 3 is 2.75 bits per heavy atom. The largest absolute Gasteiger partial charge is 0.440 e. The van der Waals surface area contributed by atoms with Gasteiger partial charge in [0.1, 0.15) is 17.6 Å². The van der Waals surface area contributed by atoms with Gasteiger partial charge in [-0.3, -0.25) is 9.89 Å². The summed E-state index contributed by atoms with van der Waals surface area (Å²) in [7, 11) is 0. The van der Waals surface area contributed by atoms with Gasteiger partial charge < -0.3 is 9.62 Å². The fourth-order valence-corrected chi connectivity index (χ4v) is 1.86. The van der Waals surface area contributed by atoms with E-state index in [1.807, 2.05) is 41.4 Å². The van der Waals surface area contributed by atoms with Crippen LogP contribution in [0.4, 0.5) is 5.88 Å². The van der Waals surface area contributed by atoms with Crippen LogP contribution in [0.2, 0.25) is 0 Å². The van der Waals surface area contributed by atoms with E-state index in [9.17, 15) is 0 Å². The van der Waals surface area contributed by atoms with Crippen molar-refractivity contribution < 1.29 is 9.62 Å². The molecule has 5 nitrogen and oxygen atoms in total. The van der Waals surface area contributed by atoms with Crippen LogP contribution in [0, 0.1) is 0 Å². The van der Waals surface area contributed by atoms with Gasteiger partial charge in [-0.25, -0.2) is 0 Å². The van der Waals surface area contributed by atoms with E-state index in [1.165, 1.54) is 0 Å². The molecule has 0 atom stereocenters. The number of fused-ring (bicyclic) bond motifs is 1. The molecule has 2 heterocycles. The lowest BCUT2D eigenvalue weighted by atomic mass is 10.2. The van der Waals surface area contributed by atoms with Crippen molar-refractivity contribution in [1.29, 1.82) is 0 Å². The number of halogens is 2. The molecule has 0 saturated heterocycles. The van der Waals surface area contributed by atoms with Gasteiger partial charge in [-0.05, 0) is 18.2 Å². The number of allylic oxidation sites excluding steroid dienone is 1. The third-order valence-corrected chi connectivity index (χ3v) is 2.72. The Hall–Kier alpha value is -1.98. The molecule has 1 aromatic carbocycles. The summed E-state index contributed by atoms with van der Waals surface area (Å²) < 4.78 is 5.77. The molecular formula is C13H13Cl2N3O2. The van der Waals surface area contributed by atoms with Crippen molar-refractivity contribution in [3.8, 4) is 0 Å². The molecule has 0 spiro atoms. The van der Waals surface area contributed by atoms with Gasteiger partial charge in [-0.2, -0.15) is 0 Å². The Kier molecular flexibility index (Phi) is 5.61. The Morgan fingerprint density at radius 2 is 2.05 bits per heavy atom. The highest BCUT2D eigenvalue weighted by Crippen LogP contribution is 2.19. The number of anilines is 1. The van der Waals surface area contributed by atoms with Crippen LogP contribution in [-0.4, -0.2) is 18.1 Å². The van der Waals surface area contributed by atoms with E-state index in [0.717, 1.165) is 5.39 Å². The van der Waals surface area contributed by atoms with Crippen molar-refractivity contribution in [3.05, 3.63) is 48.0 Å². The summed E-state index contributed by atoms with van der Waals surface area (Å²) in [5.74, 6) is 0.592. The first kappa shape index (κ1) is 16.1. The normalized spacial score (nSPS) is 14.0. The molecule has 1 aliphatic heterocycles. The third kappa shape index (κ3) is 2.95. The molecule has 106 valence electrons. The molecule has 3 rings (SSSR count). The van der Waals surface area contributed by atoms with Crippen molar-refractivity contribution >= 4 is 47.9 Å². The van der Waals surface area contributed by atoms with Gasteiger partial charge in [0.2, 0.25) is 5.88 Å². The van der Waals surface area contributed by atoms with Crippen molar-refractivity contribution in [2.45, 2.75) is 0 Å². The fourth-order valence-electron chi connectivity index (χ4n) is 1.86. The zero-order chi connectivity index (χ0) is 12.4. The predicted molar refractivity (Wildman–Crippen MR) is 83.0 cm³/mol. The number of para-hydroxylation sites is 1. The number of hydrogen-bond donors (Lipinski definition) is 1. The summed E-state index contributed by atoms with van der Waals surface area (Å²) in [5.41, 5.74) is 0.672. The Morgan fingerprint density at radius 1 is 1.25 bits per heavy atom. The molecule has 0 bridgehead atoms. The van der Waals surface area contributed by atoms with Crippen LogP contribution in [-0.2, 0) is 0 Å². The van der Waals surface area contributed by atoms with Crippen LogP contribution in [0.1, 0.15) is 0 Å². The summed E-state index contributed by atoms with van der Waals surface area (Å²) in [5, 5.41) is 13.6. The molecule has 2 aromatic rings. The van der Waals surface area contributed by atoms with Gasteiger partial charge in [-0.1, -0.05) is 17.3 Å². The topological polar surface area (TPSA) is 61.3 Å². The molecular weight excluding hydrogens is 301 g/mol.